The second kappa shape index (κ2) is 6.48. The number of ether oxygens (including phenoxy) is 1. The first-order valence-electron chi connectivity index (χ1n) is 8.52. The van der Waals surface area contributed by atoms with E-state index in [2.05, 4.69) is 0 Å². The number of non-ortho nitro benzene ring substituents is 1. The van der Waals surface area contributed by atoms with E-state index >= 15 is 0 Å². The van der Waals surface area contributed by atoms with Crippen molar-refractivity contribution in [2.24, 2.45) is 0 Å². The van der Waals surface area contributed by atoms with Gasteiger partial charge in [0, 0.05) is 17.8 Å². The highest BCUT2D eigenvalue weighted by molar-refractivity contribution is 7.91. The van der Waals surface area contributed by atoms with Crippen LogP contribution in [-0.2, 0) is 9.84 Å². The standard InChI is InChI=1S/C18H17N3O6S/c1-27-15-7-5-12(6-8-15)19-16-10-28(25,26)11-17(16)20(18(19)22)13-3-2-4-14(9-13)21(23)24/h2-9,16-17H,10-11H2,1H3/t16-,17-/m0/s1. The van der Waals surface area contributed by atoms with Gasteiger partial charge in [-0.25, -0.2) is 13.2 Å². The highest BCUT2D eigenvalue weighted by Gasteiger charge is 2.54. The summed E-state index contributed by atoms with van der Waals surface area (Å²) < 4.78 is 29.7. The monoisotopic (exact) mass is 403 g/mol. The highest BCUT2D eigenvalue weighted by Crippen LogP contribution is 2.39. The summed E-state index contributed by atoms with van der Waals surface area (Å²) in [4.78, 5) is 26.6. The Bertz CT molecular complexity index is 1050. The van der Waals surface area contributed by atoms with Gasteiger partial charge in [0.05, 0.1) is 41.3 Å². The fraction of sp³-hybridized carbons (Fsp3) is 0.278. The molecule has 2 fully saturated rings. The van der Waals surface area contributed by atoms with Gasteiger partial charge in [0.15, 0.2) is 9.84 Å². The maximum atomic E-state index is 13.2. The van der Waals surface area contributed by atoms with Gasteiger partial charge >= 0.3 is 6.03 Å². The summed E-state index contributed by atoms with van der Waals surface area (Å²) in [6, 6.07) is 10.9. The molecule has 0 radical (unpaired) electrons. The zero-order chi connectivity index (χ0) is 20.1. The predicted molar refractivity (Wildman–Crippen MR) is 103 cm³/mol. The fourth-order valence-corrected chi connectivity index (χ4v) is 5.73. The number of rotatable bonds is 4. The Hall–Kier alpha value is -3.14. The first-order valence-corrected chi connectivity index (χ1v) is 10.3. The van der Waals surface area contributed by atoms with E-state index in [9.17, 15) is 23.3 Å². The van der Waals surface area contributed by atoms with E-state index in [1.54, 1.807) is 30.3 Å². The molecule has 2 aliphatic heterocycles. The predicted octanol–water partition coefficient (Wildman–Crippen LogP) is 2.22. The number of sulfone groups is 1. The van der Waals surface area contributed by atoms with Gasteiger partial charge in [0.25, 0.3) is 5.69 Å². The molecule has 0 aromatic heterocycles. The van der Waals surface area contributed by atoms with Crippen LogP contribution in [0.1, 0.15) is 0 Å². The second-order valence-electron chi connectivity index (χ2n) is 6.71. The molecule has 2 saturated heterocycles. The maximum absolute atomic E-state index is 13.2. The van der Waals surface area contributed by atoms with Crippen molar-refractivity contribution < 1.29 is 22.9 Å². The van der Waals surface area contributed by atoms with Crippen molar-refractivity contribution in [3.8, 4) is 5.75 Å². The average molecular weight is 403 g/mol. The number of fused-ring (bicyclic) bond motifs is 1. The van der Waals surface area contributed by atoms with Crippen molar-refractivity contribution in [2.45, 2.75) is 12.1 Å². The molecule has 2 aromatic carbocycles. The van der Waals surface area contributed by atoms with Crippen molar-refractivity contribution in [1.29, 1.82) is 0 Å². The van der Waals surface area contributed by atoms with Gasteiger partial charge in [-0.1, -0.05) is 6.07 Å². The fourth-order valence-electron chi connectivity index (χ4n) is 3.81. The molecule has 2 atom stereocenters. The largest absolute Gasteiger partial charge is 0.497 e. The summed E-state index contributed by atoms with van der Waals surface area (Å²) in [5, 5.41) is 11.1. The van der Waals surface area contributed by atoms with E-state index in [0.29, 0.717) is 17.1 Å². The van der Waals surface area contributed by atoms with E-state index in [4.69, 9.17) is 4.74 Å². The Labute approximate surface area is 161 Å². The molecule has 0 aliphatic carbocycles. The summed E-state index contributed by atoms with van der Waals surface area (Å²) in [5.41, 5.74) is 0.693. The third-order valence-electron chi connectivity index (χ3n) is 5.04. The average Bonchev–Trinajstić information content (AvgIpc) is 3.10. The number of amides is 2. The van der Waals surface area contributed by atoms with Crippen LogP contribution in [0.5, 0.6) is 5.75 Å². The Morgan fingerprint density at radius 1 is 1.04 bits per heavy atom. The molecule has 0 N–H and O–H groups in total. The number of hydrogen-bond donors (Lipinski definition) is 0. The molecule has 0 spiro atoms. The van der Waals surface area contributed by atoms with Crippen molar-refractivity contribution in [3.63, 3.8) is 0 Å². The molecule has 2 amide bonds. The lowest BCUT2D eigenvalue weighted by molar-refractivity contribution is -0.384. The Morgan fingerprint density at radius 2 is 1.64 bits per heavy atom. The lowest BCUT2D eigenvalue weighted by Crippen LogP contribution is -2.37. The second-order valence-corrected chi connectivity index (χ2v) is 8.86. The molecule has 28 heavy (non-hydrogen) atoms. The van der Waals surface area contributed by atoms with Crippen LogP contribution in [-0.4, -0.2) is 50.1 Å². The lowest BCUT2D eigenvalue weighted by atomic mass is 10.1. The molecule has 10 heteroatoms. The Morgan fingerprint density at radius 3 is 2.21 bits per heavy atom. The molecule has 0 saturated carbocycles. The number of hydrogen-bond acceptors (Lipinski definition) is 6. The van der Waals surface area contributed by atoms with E-state index < -0.39 is 32.9 Å². The number of methoxy groups -OCH3 is 1. The number of carbonyl (C=O) groups is 1. The third-order valence-corrected chi connectivity index (χ3v) is 6.74. The molecule has 9 nitrogen and oxygen atoms in total. The molecular weight excluding hydrogens is 386 g/mol. The maximum Gasteiger partial charge on any atom is 0.329 e. The van der Waals surface area contributed by atoms with Crippen LogP contribution >= 0.6 is 0 Å². The molecule has 146 valence electrons. The van der Waals surface area contributed by atoms with Crippen molar-refractivity contribution in [3.05, 3.63) is 58.6 Å². The van der Waals surface area contributed by atoms with Crippen molar-refractivity contribution in [2.75, 3.05) is 28.4 Å². The number of nitro groups is 1. The van der Waals surface area contributed by atoms with Crippen LogP contribution in [0.25, 0.3) is 0 Å². The number of carbonyl (C=O) groups excluding carboxylic acids is 1. The van der Waals surface area contributed by atoms with Crippen molar-refractivity contribution >= 4 is 32.9 Å². The van der Waals surface area contributed by atoms with Gasteiger partial charge in [-0.2, -0.15) is 0 Å². The smallest absolute Gasteiger partial charge is 0.329 e. The van der Waals surface area contributed by atoms with Gasteiger partial charge in [-0.3, -0.25) is 19.9 Å². The molecule has 0 unspecified atom stereocenters. The number of urea groups is 1. The van der Waals surface area contributed by atoms with Gasteiger partial charge < -0.3 is 4.74 Å². The molecule has 2 heterocycles. The van der Waals surface area contributed by atoms with Gasteiger partial charge in [0.1, 0.15) is 5.75 Å². The van der Waals surface area contributed by atoms with Crippen LogP contribution in [0.15, 0.2) is 48.5 Å². The molecule has 2 aliphatic rings. The van der Waals surface area contributed by atoms with Crippen LogP contribution in [0.2, 0.25) is 0 Å². The first kappa shape index (κ1) is 18.2. The van der Waals surface area contributed by atoms with E-state index in [1.165, 1.54) is 35.1 Å². The van der Waals surface area contributed by atoms with Gasteiger partial charge in [-0.15, -0.1) is 0 Å². The molecule has 2 aromatic rings. The first-order chi connectivity index (χ1) is 13.3. The zero-order valence-corrected chi connectivity index (χ0v) is 15.7. The number of nitro benzene ring substituents is 1. The van der Waals surface area contributed by atoms with Crippen LogP contribution in [0.3, 0.4) is 0 Å². The summed E-state index contributed by atoms with van der Waals surface area (Å²) in [5.74, 6) is 0.279. The number of nitrogens with zero attached hydrogens (tertiary/aromatic N) is 3. The zero-order valence-electron chi connectivity index (χ0n) is 14.9. The van der Waals surface area contributed by atoms with Crippen molar-refractivity contribution in [1.82, 2.24) is 0 Å². The number of anilines is 2. The van der Waals surface area contributed by atoms with Gasteiger partial charge in [0.2, 0.25) is 0 Å². The minimum atomic E-state index is -3.34. The van der Waals surface area contributed by atoms with Crippen LogP contribution < -0.4 is 14.5 Å². The van der Waals surface area contributed by atoms with Crippen LogP contribution in [0.4, 0.5) is 21.9 Å². The SMILES string of the molecule is COc1ccc(N2C(=O)N(c3cccc([N+](=O)[O-])c3)[C@H]3CS(=O)(=O)C[C@@H]32)cc1. The minimum absolute atomic E-state index is 0.152. The Kier molecular flexibility index (Phi) is 4.22. The third kappa shape index (κ3) is 2.95. The van der Waals surface area contributed by atoms with E-state index in [-0.39, 0.29) is 17.2 Å². The quantitative estimate of drug-likeness (QED) is 0.440. The summed E-state index contributed by atoms with van der Waals surface area (Å²) in [7, 11) is -1.82. The number of benzene rings is 2. The Balaban J connectivity index is 1.78. The topological polar surface area (TPSA) is 110 Å². The highest BCUT2D eigenvalue weighted by atomic mass is 32.2. The van der Waals surface area contributed by atoms with E-state index in [1.807, 2.05) is 0 Å². The normalized spacial score (nSPS) is 23.0. The minimum Gasteiger partial charge on any atom is -0.497 e. The molecule has 0 bridgehead atoms. The van der Waals surface area contributed by atoms with Crippen LogP contribution in [0, 0.1) is 10.1 Å². The summed E-state index contributed by atoms with van der Waals surface area (Å²) >= 11 is 0. The van der Waals surface area contributed by atoms with E-state index in [0.717, 1.165) is 0 Å². The summed E-state index contributed by atoms with van der Waals surface area (Å²) in [6.07, 6.45) is 0. The van der Waals surface area contributed by atoms with Gasteiger partial charge in [-0.05, 0) is 30.3 Å². The molecule has 4 rings (SSSR count). The summed E-state index contributed by atoms with van der Waals surface area (Å²) in [6.45, 7) is 0. The molecular formula is C18H17N3O6S. The lowest BCUT2D eigenvalue weighted by Gasteiger charge is -2.22.